The van der Waals surface area contributed by atoms with E-state index in [0.29, 0.717) is 0 Å². The molecule has 1 aromatic rings. The van der Waals surface area contributed by atoms with Gasteiger partial charge in [0, 0.05) is 0 Å². The summed E-state index contributed by atoms with van der Waals surface area (Å²) in [5, 5.41) is 8.75. The van der Waals surface area contributed by atoms with Gasteiger partial charge in [-0.1, -0.05) is 23.7 Å². The van der Waals surface area contributed by atoms with Crippen LogP contribution < -0.4 is 0 Å². The molecule has 1 rings (SSSR count). The highest BCUT2D eigenvalue weighted by molar-refractivity contribution is 6.33. The zero-order valence-corrected chi connectivity index (χ0v) is 5.80. The zero-order valence-electron chi connectivity index (χ0n) is 5.04. The number of carbonyl (C=O) groups is 1. The maximum absolute atomic E-state index is 10.3. The molecule has 0 aromatic heterocycles. The average molecular weight is 187 g/mol. The number of aromatic carboxylic acids is 1. The first-order chi connectivity index (χ1) is 4.72. The van der Waals surface area contributed by atoms with Crippen molar-refractivity contribution < 1.29 is 9.90 Å². The van der Waals surface area contributed by atoms with E-state index in [0.717, 1.165) is 0 Å². The second-order valence-corrected chi connectivity index (χ2v) is 2.19. The van der Waals surface area contributed by atoms with Gasteiger partial charge in [0.25, 0.3) is 0 Å². The predicted molar refractivity (Wildman–Crippen MR) is 48.4 cm³/mol. The van der Waals surface area contributed by atoms with Gasteiger partial charge in [-0.15, -0.1) is 0 Å². The first-order valence-corrected chi connectivity index (χ1v) is 3.07. The second kappa shape index (κ2) is 4.40. The highest BCUT2D eigenvalue weighted by Crippen LogP contribution is 2.13. The van der Waals surface area contributed by atoms with Crippen LogP contribution in [0.3, 0.4) is 0 Å². The molecule has 4 heteroatoms. The molecule has 0 aliphatic carbocycles. The Kier molecular flexibility index (Phi) is 4.21. The Labute approximate surface area is 79.9 Å². The Morgan fingerprint density at radius 2 is 1.91 bits per heavy atom. The van der Waals surface area contributed by atoms with Crippen LogP contribution in [0.25, 0.3) is 0 Å². The number of hydrogen-bond acceptors (Lipinski definition) is 1. The molecule has 0 amide bonds. The molecule has 1 aromatic carbocycles. The standard InChI is InChI=1S/C7H5ClO2.Al.3H/c8-6-4-2-1-3-5(6)7(9)10;;;;/h1-4H,(H,9,10);;;;. The monoisotopic (exact) mass is 186 g/mol. The molecule has 0 atom stereocenters. The third-order valence-corrected chi connectivity index (χ3v) is 1.43. The van der Waals surface area contributed by atoms with Crippen LogP contribution >= 0.6 is 11.6 Å². The summed E-state index contributed by atoms with van der Waals surface area (Å²) in [5.41, 5.74) is 0.143. The molecule has 0 saturated carbocycles. The van der Waals surface area contributed by atoms with Gasteiger partial charge < -0.3 is 5.11 Å². The van der Waals surface area contributed by atoms with E-state index in [2.05, 4.69) is 0 Å². The minimum Gasteiger partial charge on any atom is -0.478 e. The topological polar surface area (TPSA) is 37.3 Å². The molecule has 0 spiro atoms. The van der Waals surface area contributed by atoms with Crippen molar-refractivity contribution in [3.05, 3.63) is 34.9 Å². The van der Waals surface area contributed by atoms with Gasteiger partial charge >= 0.3 is 5.97 Å². The summed E-state index contributed by atoms with van der Waals surface area (Å²) in [6, 6.07) is 6.33. The SMILES string of the molecule is O=C(O)c1ccccc1Cl.[AlH3]. The van der Waals surface area contributed by atoms with Crippen molar-refractivity contribution in [1.82, 2.24) is 0 Å². The van der Waals surface area contributed by atoms with E-state index in [9.17, 15) is 4.79 Å². The fourth-order valence-electron chi connectivity index (χ4n) is 0.635. The molecule has 0 aliphatic heterocycles. The lowest BCUT2D eigenvalue weighted by molar-refractivity contribution is 0.0697. The maximum Gasteiger partial charge on any atom is 0.337 e. The lowest BCUT2D eigenvalue weighted by atomic mass is 10.2. The zero-order chi connectivity index (χ0) is 7.56. The molecule has 11 heavy (non-hydrogen) atoms. The molecule has 1 N–H and O–H groups in total. The van der Waals surface area contributed by atoms with Crippen molar-refractivity contribution in [2.24, 2.45) is 0 Å². The lowest BCUT2D eigenvalue weighted by Crippen LogP contribution is -1.95. The van der Waals surface area contributed by atoms with Crippen LogP contribution in [-0.2, 0) is 0 Å². The van der Waals surface area contributed by atoms with E-state index in [1.165, 1.54) is 6.07 Å². The molecule has 58 valence electrons. The fraction of sp³-hybridized carbons (Fsp3) is 0. The van der Waals surface area contributed by atoms with Crippen molar-refractivity contribution >= 4 is 34.9 Å². The first kappa shape index (κ1) is 10.5. The van der Waals surface area contributed by atoms with Gasteiger partial charge in [0.15, 0.2) is 17.4 Å². The third-order valence-electron chi connectivity index (χ3n) is 1.10. The van der Waals surface area contributed by atoms with Crippen LogP contribution in [0, 0.1) is 0 Å². The van der Waals surface area contributed by atoms with Gasteiger partial charge in [-0.05, 0) is 12.1 Å². The summed E-state index contributed by atoms with van der Waals surface area (Å²) in [5.74, 6) is -0.995. The first-order valence-electron chi connectivity index (χ1n) is 2.69. The maximum atomic E-state index is 10.3. The highest BCUT2D eigenvalue weighted by atomic mass is 35.5. The van der Waals surface area contributed by atoms with Crippen LogP contribution in [0.4, 0.5) is 0 Å². The van der Waals surface area contributed by atoms with E-state index in [-0.39, 0.29) is 27.9 Å². The number of carboxylic acid groups (broad SMARTS) is 1. The van der Waals surface area contributed by atoms with Crippen molar-refractivity contribution in [2.45, 2.75) is 0 Å². The largest absolute Gasteiger partial charge is 0.478 e. The van der Waals surface area contributed by atoms with Crippen molar-refractivity contribution in [2.75, 3.05) is 0 Å². The molecule has 0 fully saturated rings. The Morgan fingerprint density at radius 3 is 2.27 bits per heavy atom. The highest BCUT2D eigenvalue weighted by Gasteiger charge is 2.04. The van der Waals surface area contributed by atoms with Crippen LogP contribution in [0.15, 0.2) is 24.3 Å². The molecule has 2 nitrogen and oxygen atoms in total. The van der Waals surface area contributed by atoms with Gasteiger partial charge in [-0.3, -0.25) is 0 Å². The Morgan fingerprint density at radius 1 is 1.36 bits per heavy atom. The number of carboxylic acids is 1. The van der Waals surface area contributed by atoms with Crippen LogP contribution in [-0.4, -0.2) is 28.4 Å². The summed E-state index contributed by atoms with van der Waals surface area (Å²) < 4.78 is 0. The quantitative estimate of drug-likeness (QED) is 0.661. The van der Waals surface area contributed by atoms with E-state index in [1.54, 1.807) is 18.2 Å². The Bertz CT molecular complexity index is 262. The van der Waals surface area contributed by atoms with E-state index >= 15 is 0 Å². The van der Waals surface area contributed by atoms with Crippen LogP contribution in [0.1, 0.15) is 10.4 Å². The number of benzene rings is 1. The van der Waals surface area contributed by atoms with Crippen molar-refractivity contribution in [3.8, 4) is 0 Å². The number of halogens is 1. The van der Waals surface area contributed by atoms with Gasteiger partial charge in [-0.2, -0.15) is 0 Å². The Hall–Kier alpha value is -0.488. The van der Waals surface area contributed by atoms with Gasteiger partial charge in [0.2, 0.25) is 0 Å². The normalized spacial score (nSPS) is 8.45. The second-order valence-electron chi connectivity index (χ2n) is 1.78. The summed E-state index contributed by atoms with van der Waals surface area (Å²) in [4.78, 5) is 10.3. The fourth-order valence-corrected chi connectivity index (χ4v) is 0.851. The van der Waals surface area contributed by atoms with Crippen molar-refractivity contribution in [1.29, 1.82) is 0 Å². The molecule has 0 radical (unpaired) electrons. The van der Waals surface area contributed by atoms with E-state index < -0.39 is 5.97 Å². The summed E-state index contributed by atoms with van der Waals surface area (Å²) >= 11 is 5.54. The molecule has 0 unspecified atom stereocenters. The van der Waals surface area contributed by atoms with E-state index in [4.69, 9.17) is 16.7 Å². The molecule has 0 bridgehead atoms. The molecular formula is C7H8AlClO2. The van der Waals surface area contributed by atoms with Gasteiger partial charge in [-0.25, -0.2) is 4.79 Å². The number of rotatable bonds is 1. The molecular weight excluding hydrogens is 179 g/mol. The summed E-state index contributed by atoms with van der Waals surface area (Å²) in [6.45, 7) is 0. The summed E-state index contributed by atoms with van der Waals surface area (Å²) in [6.07, 6.45) is 0. The molecule has 0 saturated heterocycles. The molecule has 0 heterocycles. The van der Waals surface area contributed by atoms with E-state index in [1.807, 2.05) is 0 Å². The van der Waals surface area contributed by atoms with Gasteiger partial charge in [0.05, 0.1) is 10.6 Å². The lowest BCUT2D eigenvalue weighted by Gasteiger charge is -1.94. The summed E-state index contributed by atoms with van der Waals surface area (Å²) in [7, 11) is 0. The van der Waals surface area contributed by atoms with Gasteiger partial charge in [0.1, 0.15) is 0 Å². The van der Waals surface area contributed by atoms with Crippen molar-refractivity contribution in [3.63, 3.8) is 0 Å². The number of hydrogen-bond donors (Lipinski definition) is 1. The minimum atomic E-state index is -0.995. The Balaban J connectivity index is 0.000001000. The average Bonchev–Trinajstić information content (AvgIpc) is 1.88. The third kappa shape index (κ3) is 2.55. The van der Waals surface area contributed by atoms with Crippen LogP contribution in [0.5, 0.6) is 0 Å². The minimum absolute atomic E-state index is 0. The predicted octanol–water partition coefficient (Wildman–Crippen LogP) is 0.854. The molecule has 0 aliphatic rings. The van der Waals surface area contributed by atoms with Crippen LogP contribution in [0.2, 0.25) is 5.02 Å². The smallest absolute Gasteiger partial charge is 0.337 e.